The maximum Gasteiger partial charge on any atom is 0.245 e. The van der Waals surface area contributed by atoms with Gasteiger partial charge in [-0.25, -0.2) is 8.42 Å². The van der Waals surface area contributed by atoms with Crippen molar-refractivity contribution in [3.8, 4) is 0 Å². The van der Waals surface area contributed by atoms with Crippen LogP contribution in [0, 0.1) is 0 Å². The molecule has 0 atom stereocenters. The Hall–Kier alpha value is -0.630. The molecule has 0 spiro atoms. The second kappa shape index (κ2) is 5.29. The van der Waals surface area contributed by atoms with Crippen LogP contribution in [0.2, 0.25) is 0 Å². The van der Waals surface area contributed by atoms with E-state index >= 15 is 0 Å². The Bertz CT molecular complexity index is 616. The average Bonchev–Trinajstić information content (AvgIpc) is 2.31. The molecule has 1 aromatic carbocycles. The van der Waals surface area contributed by atoms with Gasteiger partial charge in [0.05, 0.1) is 5.69 Å². The summed E-state index contributed by atoms with van der Waals surface area (Å²) in [5.41, 5.74) is 5.95. The number of sulfonamides is 1. The summed E-state index contributed by atoms with van der Waals surface area (Å²) in [6.45, 7) is 5.74. The number of nitrogens with zero attached hydrogens (tertiary/aromatic N) is 2. The standard InChI is InChI=1S/C13H20BrN3O2S/c1-13(2)9-17(7-6-16(13)3)20(18,19)12-5-4-10(14)8-11(12)15/h4-5,8H,6-7,9,15H2,1-3H3. The molecular formula is C13H20BrN3O2S. The van der Waals surface area contributed by atoms with Gasteiger partial charge in [0.15, 0.2) is 0 Å². The van der Waals surface area contributed by atoms with Gasteiger partial charge >= 0.3 is 0 Å². The molecule has 1 fully saturated rings. The fourth-order valence-corrected chi connectivity index (χ4v) is 4.36. The van der Waals surface area contributed by atoms with E-state index in [0.29, 0.717) is 19.6 Å². The van der Waals surface area contributed by atoms with E-state index in [-0.39, 0.29) is 16.1 Å². The molecule has 1 aliphatic rings. The molecule has 1 heterocycles. The minimum atomic E-state index is -3.54. The lowest BCUT2D eigenvalue weighted by atomic mass is 10.0. The van der Waals surface area contributed by atoms with Gasteiger partial charge in [0.2, 0.25) is 10.0 Å². The Balaban J connectivity index is 2.36. The second-order valence-electron chi connectivity index (χ2n) is 5.75. The van der Waals surface area contributed by atoms with Crippen LogP contribution >= 0.6 is 15.9 Å². The zero-order valence-electron chi connectivity index (χ0n) is 11.9. The summed E-state index contributed by atoms with van der Waals surface area (Å²) in [5, 5.41) is 0. The fourth-order valence-electron chi connectivity index (χ4n) is 2.29. The molecule has 112 valence electrons. The highest BCUT2D eigenvalue weighted by molar-refractivity contribution is 9.10. The number of benzene rings is 1. The van der Waals surface area contributed by atoms with Crippen LogP contribution in [0.25, 0.3) is 0 Å². The van der Waals surface area contributed by atoms with Crippen LogP contribution in [0.3, 0.4) is 0 Å². The Labute approximate surface area is 128 Å². The Morgan fingerprint density at radius 2 is 1.95 bits per heavy atom. The first kappa shape index (κ1) is 15.8. The third kappa shape index (κ3) is 2.86. The summed E-state index contributed by atoms with van der Waals surface area (Å²) in [4.78, 5) is 2.35. The van der Waals surface area contributed by atoms with Crippen LogP contribution in [0.1, 0.15) is 13.8 Å². The van der Waals surface area contributed by atoms with E-state index in [1.54, 1.807) is 18.2 Å². The summed E-state index contributed by atoms with van der Waals surface area (Å²) in [6, 6.07) is 4.87. The first-order valence-corrected chi connectivity index (χ1v) is 8.64. The maximum atomic E-state index is 12.7. The van der Waals surface area contributed by atoms with Gasteiger partial charge in [-0.05, 0) is 39.1 Å². The molecule has 0 bridgehead atoms. The first-order valence-electron chi connectivity index (χ1n) is 6.41. The molecule has 1 saturated heterocycles. The van der Waals surface area contributed by atoms with Crippen LogP contribution in [-0.4, -0.2) is 49.8 Å². The number of nitrogens with two attached hydrogens (primary N) is 1. The van der Waals surface area contributed by atoms with E-state index in [2.05, 4.69) is 20.8 Å². The molecule has 0 saturated carbocycles. The Morgan fingerprint density at radius 1 is 1.30 bits per heavy atom. The number of hydrogen-bond donors (Lipinski definition) is 1. The topological polar surface area (TPSA) is 66.6 Å². The van der Waals surface area contributed by atoms with E-state index in [1.165, 1.54) is 4.31 Å². The van der Waals surface area contributed by atoms with Crippen molar-refractivity contribution in [3.63, 3.8) is 0 Å². The normalized spacial score (nSPS) is 21.0. The highest BCUT2D eigenvalue weighted by atomic mass is 79.9. The van der Waals surface area contributed by atoms with Crippen molar-refractivity contribution in [2.45, 2.75) is 24.3 Å². The van der Waals surface area contributed by atoms with Gasteiger partial charge in [-0.3, -0.25) is 4.90 Å². The molecule has 0 radical (unpaired) electrons. The van der Waals surface area contributed by atoms with E-state index in [9.17, 15) is 8.42 Å². The van der Waals surface area contributed by atoms with E-state index in [1.807, 2.05) is 20.9 Å². The number of nitrogen functional groups attached to an aromatic ring is 1. The SMILES string of the molecule is CN1CCN(S(=O)(=O)c2ccc(Br)cc2N)CC1(C)C. The monoisotopic (exact) mass is 361 g/mol. The molecule has 0 aromatic heterocycles. The van der Waals surface area contributed by atoms with Crippen LogP contribution in [0.5, 0.6) is 0 Å². The lowest BCUT2D eigenvalue weighted by Gasteiger charge is -2.44. The zero-order chi connectivity index (χ0) is 15.1. The van der Waals surface area contributed by atoms with Crippen LogP contribution in [0.4, 0.5) is 5.69 Å². The molecule has 0 aliphatic carbocycles. The predicted molar refractivity (Wildman–Crippen MR) is 84.0 cm³/mol. The maximum absolute atomic E-state index is 12.7. The quantitative estimate of drug-likeness (QED) is 0.814. The van der Waals surface area contributed by atoms with Gasteiger partial charge in [-0.15, -0.1) is 0 Å². The molecule has 2 N–H and O–H groups in total. The Morgan fingerprint density at radius 3 is 2.50 bits per heavy atom. The third-order valence-electron chi connectivity index (χ3n) is 3.87. The molecular weight excluding hydrogens is 342 g/mol. The molecule has 20 heavy (non-hydrogen) atoms. The van der Waals surface area contributed by atoms with Gasteiger partial charge in [0, 0.05) is 29.6 Å². The molecule has 5 nitrogen and oxygen atoms in total. The predicted octanol–water partition coefficient (Wildman–Crippen LogP) is 1.75. The van der Waals surface area contributed by atoms with Crippen LogP contribution < -0.4 is 5.73 Å². The van der Waals surface area contributed by atoms with Crippen molar-refractivity contribution in [2.24, 2.45) is 0 Å². The number of rotatable bonds is 2. The van der Waals surface area contributed by atoms with E-state index < -0.39 is 10.0 Å². The van der Waals surface area contributed by atoms with Gasteiger partial charge in [-0.2, -0.15) is 4.31 Å². The van der Waals surface area contributed by atoms with Crippen molar-refractivity contribution >= 4 is 31.6 Å². The van der Waals surface area contributed by atoms with Gasteiger partial charge in [-0.1, -0.05) is 15.9 Å². The van der Waals surface area contributed by atoms with Crippen LogP contribution in [-0.2, 0) is 10.0 Å². The van der Waals surface area contributed by atoms with Crippen molar-refractivity contribution in [1.29, 1.82) is 0 Å². The molecule has 0 amide bonds. The van der Waals surface area contributed by atoms with Gasteiger partial charge in [0.25, 0.3) is 0 Å². The smallest absolute Gasteiger partial charge is 0.245 e. The largest absolute Gasteiger partial charge is 0.398 e. The first-order chi connectivity index (χ1) is 9.14. The molecule has 1 aromatic rings. The molecule has 7 heteroatoms. The fraction of sp³-hybridized carbons (Fsp3) is 0.538. The average molecular weight is 362 g/mol. The number of likely N-dealkylation sites (N-methyl/N-ethyl adjacent to an activating group) is 1. The summed E-state index contributed by atoms with van der Waals surface area (Å²) < 4.78 is 27.7. The third-order valence-corrected chi connectivity index (χ3v) is 6.28. The minimum Gasteiger partial charge on any atom is -0.398 e. The minimum absolute atomic E-state index is 0.182. The van der Waals surface area contributed by atoms with Gasteiger partial charge in [0.1, 0.15) is 4.90 Å². The van der Waals surface area contributed by atoms with E-state index in [0.717, 1.165) is 4.47 Å². The summed E-state index contributed by atoms with van der Waals surface area (Å²) in [5.74, 6) is 0. The van der Waals surface area contributed by atoms with Crippen molar-refractivity contribution in [1.82, 2.24) is 9.21 Å². The lowest BCUT2D eigenvalue weighted by molar-refractivity contribution is 0.0802. The Kier molecular flexibility index (Phi) is 4.17. The number of hydrogen-bond acceptors (Lipinski definition) is 4. The second-order valence-corrected chi connectivity index (χ2v) is 8.58. The van der Waals surface area contributed by atoms with E-state index in [4.69, 9.17) is 5.73 Å². The summed E-state index contributed by atoms with van der Waals surface area (Å²) >= 11 is 3.29. The zero-order valence-corrected chi connectivity index (χ0v) is 14.3. The lowest BCUT2D eigenvalue weighted by Crippen LogP contribution is -2.58. The molecule has 2 rings (SSSR count). The number of piperazine rings is 1. The van der Waals surface area contributed by atoms with Crippen LogP contribution in [0.15, 0.2) is 27.6 Å². The van der Waals surface area contributed by atoms with Crippen molar-refractivity contribution in [3.05, 3.63) is 22.7 Å². The summed E-state index contributed by atoms with van der Waals surface area (Å²) in [6.07, 6.45) is 0. The highest BCUT2D eigenvalue weighted by Gasteiger charge is 2.37. The number of anilines is 1. The molecule has 1 aliphatic heterocycles. The van der Waals surface area contributed by atoms with Gasteiger partial charge < -0.3 is 5.73 Å². The number of halogens is 1. The summed E-state index contributed by atoms with van der Waals surface area (Å²) in [7, 11) is -1.53. The highest BCUT2D eigenvalue weighted by Crippen LogP contribution is 2.29. The van der Waals surface area contributed by atoms with Crippen molar-refractivity contribution < 1.29 is 8.42 Å². The van der Waals surface area contributed by atoms with Crippen molar-refractivity contribution in [2.75, 3.05) is 32.4 Å². The molecule has 0 unspecified atom stereocenters.